The van der Waals surface area contributed by atoms with E-state index in [0.29, 0.717) is 25.9 Å². The summed E-state index contributed by atoms with van der Waals surface area (Å²) in [4.78, 5) is 26.5. The van der Waals surface area contributed by atoms with Gasteiger partial charge >= 0.3 is 0 Å². The van der Waals surface area contributed by atoms with Crippen molar-refractivity contribution in [2.75, 3.05) is 6.54 Å². The topological polar surface area (TPSA) is 49.4 Å². The summed E-state index contributed by atoms with van der Waals surface area (Å²) in [6, 6.07) is 7.60. The molecule has 0 fully saturated rings. The Hall–Kier alpha value is -1.84. The summed E-state index contributed by atoms with van der Waals surface area (Å²) < 4.78 is 0. The van der Waals surface area contributed by atoms with Gasteiger partial charge in [-0.2, -0.15) is 0 Å². The zero-order valence-corrected chi connectivity index (χ0v) is 14.2. The predicted molar refractivity (Wildman–Crippen MR) is 89.4 cm³/mol. The van der Waals surface area contributed by atoms with Crippen LogP contribution in [0.5, 0.6) is 0 Å². The molecule has 0 aromatic heterocycles. The largest absolute Gasteiger partial charge is 0.355 e. The Labute approximate surface area is 133 Å². The van der Waals surface area contributed by atoms with Gasteiger partial charge in [0.2, 0.25) is 11.8 Å². The summed E-state index contributed by atoms with van der Waals surface area (Å²) in [6.45, 7) is 8.92. The first kappa shape index (κ1) is 18.2. The van der Waals surface area contributed by atoms with Gasteiger partial charge in [0.1, 0.15) is 6.04 Å². The van der Waals surface area contributed by atoms with Crippen LogP contribution in [0.3, 0.4) is 0 Å². The molecule has 4 nitrogen and oxygen atoms in total. The van der Waals surface area contributed by atoms with Gasteiger partial charge in [-0.05, 0) is 37.8 Å². The third-order valence-corrected chi connectivity index (χ3v) is 3.80. The molecule has 1 rings (SSSR count). The summed E-state index contributed by atoms with van der Waals surface area (Å²) in [6.07, 6.45) is 1.88. The van der Waals surface area contributed by atoms with Crippen molar-refractivity contribution < 1.29 is 9.59 Å². The number of rotatable bonds is 8. The number of aryl methyl sites for hydroxylation is 1. The lowest BCUT2D eigenvalue weighted by Gasteiger charge is -2.31. The van der Waals surface area contributed by atoms with Crippen LogP contribution in [0.25, 0.3) is 0 Å². The summed E-state index contributed by atoms with van der Waals surface area (Å²) in [5.41, 5.74) is 2.23. The van der Waals surface area contributed by atoms with Gasteiger partial charge < -0.3 is 10.2 Å². The molecule has 0 spiro atoms. The second kappa shape index (κ2) is 9.23. The summed E-state index contributed by atoms with van der Waals surface area (Å²) in [5, 5.41) is 2.84. The molecule has 1 atom stereocenters. The molecule has 122 valence electrons. The second-order valence-corrected chi connectivity index (χ2v) is 5.52. The Morgan fingerprint density at radius 3 is 2.41 bits per heavy atom. The number of amides is 2. The number of likely N-dealkylation sites (N-methyl/N-ethyl adjacent to an activating group) is 1. The molecule has 0 aliphatic heterocycles. The highest BCUT2D eigenvalue weighted by molar-refractivity contribution is 5.87. The third-order valence-electron chi connectivity index (χ3n) is 3.80. The van der Waals surface area contributed by atoms with E-state index < -0.39 is 6.04 Å². The van der Waals surface area contributed by atoms with Gasteiger partial charge in [-0.15, -0.1) is 0 Å². The number of benzene rings is 1. The first-order valence-corrected chi connectivity index (χ1v) is 8.16. The van der Waals surface area contributed by atoms with Crippen LogP contribution in [0.1, 0.15) is 51.2 Å². The van der Waals surface area contributed by atoms with Crippen LogP contribution < -0.4 is 5.32 Å². The van der Waals surface area contributed by atoms with Crippen LogP contribution in [0, 0.1) is 6.92 Å². The lowest BCUT2D eigenvalue weighted by atomic mass is 10.1. The minimum atomic E-state index is -0.404. The number of nitrogens with one attached hydrogen (secondary N) is 1. The van der Waals surface area contributed by atoms with Gasteiger partial charge in [-0.3, -0.25) is 9.59 Å². The van der Waals surface area contributed by atoms with E-state index in [0.717, 1.165) is 17.5 Å². The van der Waals surface area contributed by atoms with E-state index in [2.05, 4.69) is 5.32 Å². The summed E-state index contributed by atoms with van der Waals surface area (Å²) >= 11 is 0. The lowest BCUT2D eigenvalue weighted by Crippen LogP contribution is -2.49. The first-order chi connectivity index (χ1) is 10.5. The molecule has 0 saturated carbocycles. The minimum absolute atomic E-state index is 0.0452. The van der Waals surface area contributed by atoms with E-state index in [-0.39, 0.29) is 11.8 Å². The molecule has 1 aromatic carbocycles. The third kappa shape index (κ3) is 4.86. The van der Waals surface area contributed by atoms with Crippen molar-refractivity contribution in [1.29, 1.82) is 0 Å². The monoisotopic (exact) mass is 304 g/mol. The second-order valence-electron chi connectivity index (χ2n) is 5.52. The smallest absolute Gasteiger partial charge is 0.242 e. The van der Waals surface area contributed by atoms with Crippen LogP contribution >= 0.6 is 0 Å². The minimum Gasteiger partial charge on any atom is -0.355 e. The Balaban J connectivity index is 3.03. The predicted octanol–water partition coefficient (Wildman–Crippen LogP) is 3.04. The SMILES string of the molecule is CCCC(=O)N(Cc1ccccc1C)[C@@H](CC)C(=O)NCC. The molecular formula is C18H28N2O2. The van der Waals surface area contributed by atoms with Crippen molar-refractivity contribution in [2.24, 2.45) is 0 Å². The van der Waals surface area contributed by atoms with Crippen LogP contribution in [-0.4, -0.2) is 29.3 Å². The molecule has 0 bridgehead atoms. The molecule has 0 radical (unpaired) electrons. The highest BCUT2D eigenvalue weighted by Gasteiger charge is 2.27. The molecule has 1 aromatic rings. The van der Waals surface area contributed by atoms with E-state index in [1.54, 1.807) is 4.90 Å². The average Bonchev–Trinajstić information content (AvgIpc) is 2.49. The maximum absolute atomic E-state index is 12.5. The van der Waals surface area contributed by atoms with E-state index >= 15 is 0 Å². The number of hydrogen-bond acceptors (Lipinski definition) is 2. The van der Waals surface area contributed by atoms with Crippen LogP contribution in [-0.2, 0) is 16.1 Å². The van der Waals surface area contributed by atoms with E-state index in [1.807, 2.05) is 52.0 Å². The molecular weight excluding hydrogens is 276 g/mol. The molecule has 0 aliphatic carbocycles. The Kier molecular flexibility index (Phi) is 7.64. The standard InChI is InChI=1S/C18H28N2O2/c1-5-10-17(21)20(16(6-2)18(22)19-7-3)13-15-12-9-8-11-14(15)4/h8-9,11-12,16H,5-7,10,13H2,1-4H3,(H,19,22)/t16-/m0/s1. The van der Waals surface area contributed by atoms with Crippen molar-refractivity contribution in [3.05, 3.63) is 35.4 Å². The molecule has 0 unspecified atom stereocenters. The first-order valence-electron chi connectivity index (χ1n) is 8.16. The van der Waals surface area contributed by atoms with E-state index in [9.17, 15) is 9.59 Å². The van der Waals surface area contributed by atoms with Crippen LogP contribution in [0.2, 0.25) is 0 Å². The van der Waals surface area contributed by atoms with Crippen LogP contribution in [0.15, 0.2) is 24.3 Å². The van der Waals surface area contributed by atoms with Gasteiger partial charge in [-0.1, -0.05) is 38.1 Å². The van der Waals surface area contributed by atoms with Crippen molar-refractivity contribution in [3.63, 3.8) is 0 Å². The summed E-state index contributed by atoms with van der Waals surface area (Å²) in [5.74, 6) is -0.0214. The fourth-order valence-electron chi connectivity index (χ4n) is 2.54. The van der Waals surface area contributed by atoms with Gasteiger partial charge in [-0.25, -0.2) is 0 Å². The van der Waals surface area contributed by atoms with Crippen molar-refractivity contribution in [1.82, 2.24) is 10.2 Å². The van der Waals surface area contributed by atoms with Crippen molar-refractivity contribution in [3.8, 4) is 0 Å². The Morgan fingerprint density at radius 2 is 1.86 bits per heavy atom. The zero-order chi connectivity index (χ0) is 16.5. The van der Waals surface area contributed by atoms with Gasteiger partial charge in [0.05, 0.1) is 0 Å². The average molecular weight is 304 g/mol. The molecule has 0 heterocycles. The molecule has 2 amide bonds. The van der Waals surface area contributed by atoms with Crippen LogP contribution in [0.4, 0.5) is 0 Å². The Bertz CT molecular complexity index is 500. The zero-order valence-electron chi connectivity index (χ0n) is 14.2. The van der Waals surface area contributed by atoms with Gasteiger partial charge in [0, 0.05) is 19.5 Å². The molecule has 4 heteroatoms. The Morgan fingerprint density at radius 1 is 1.18 bits per heavy atom. The highest BCUT2D eigenvalue weighted by Crippen LogP contribution is 2.16. The fraction of sp³-hybridized carbons (Fsp3) is 0.556. The molecule has 0 aliphatic rings. The van der Waals surface area contributed by atoms with Crippen molar-refractivity contribution in [2.45, 2.75) is 59.5 Å². The molecule has 22 heavy (non-hydrogen) atoms. The highest BCUT2D eigenvalue weighted by atomic mass is 16.2. The molecule has 0 saturated heterocycles. The number of hydrogen-bond donors (Lipinski definition) is 1. The van der Waals surface area contributed by atoms with Gasteiger partial charge in [0.15, 0.2) is 0 Å². The maximum Gasteiger partial charge on any atom is 0.242 e. The fourth-order valence-corrected chi connectivity index (χ4v) is 2.54. The van der Waals surface area contributed by atoms with Crippen molar-refractivity contribution >= 4 is 11.8 Å². The van der Waals surface area contributed by atoms with Gasteiger partial charge in [0.25, 0.3) is 0 Å². The van der Waals surface area contributed by atoms with E-state index in [1.165, 1.54) is 0 Å². The normalized spacial score (nSPS) is 11.8. The lowest BCUT2D eigenvalue weighted by molar-refractivity contribution is -0.141. The van der Waals surface area contributed by atoms with E-state index in [4.69, 9.17) is 0 Å². The number of carbonyl (C=O) groups is 2. The number of carbonyl (C=O) groups excluding carboxylic acids is 2. The maximum atomic E-state index is 12.5. The summed E-state index contributed by atoms with van der Waals surface area (Å²) in [7, 11) is 0. The quantitative estimate of drug-likeness (QED) is 0.802. The molecule has 1 N–H and O–H groups in total. The number of nitrogens with zero attached hydrogens (tertiary/aromatic N) is 1.